The van der Waals surface area contributed by atoms with E-state index in [1.165, 1.54) is 5.56 Å². The molecule has 136 valence electrons. The van der Waals surface area contributed by atoms with Gasteiger partial charge in [-0.2, -0.15) is 0 Å². The van der Waals surface area contributed by atoms with Crippen LogP contribution in [0.5, 0.6) is 5.75 Å². The zero-order valence-electron chi connectivity index (χ0n) is 14.8. The van der Waals surface area contributed by atoms with Gasteiger partial charge in [0.2, 0.25) is 0 Å². The number of ether oxygens (including phenoxy) is 1. The molecule has 2 heterocycles. The summed E-state index contributed by atoms with van der Waals surface area (Å²) in [6.45, 7) is 2.01. The third-order valence-electron chi connectivity index (χ3n) is 4.02. The van der Waals surface area contributed by atoms with E-state index in [-0.39, 0.29) is 0 Å². The van der Waals surface area contributed by atoms with Crippen molar-refractivity contribution >= 4 is 44.9 Å². The third-order valence-corrected chi connectivity index (χ3v) is 6.28. The molecule has 0 N–H and O–H groups in total. The van der Waals surface area contributed by atoms with Gasteiger partial charge in [0.15, 0.2) is 0 Å². The van der Waals surface area contributed by atoms with E-state index >= 15 is 0 Å². The average Bonchev–Trinajstić information content (AvgIpc) is 3.09. The van der Waals surface area contributed by atoms with Gasteiger partial charge in [0.05, 0.1) is 16.8 Å². The Hall–Kier alpha value is -2.15. The Morgan fingerprint density at radius 1 is 1.11 bits per heavy atom. The molecule has 0 saturated heterocycles. The molecule has 0 radical (unpaired) electrons. The maximum atomic E-state index is 5.96. The maximum Gasteiger partial charge on any atom is 0.146 e. The second-order valence-electron chi connectivity index (χ2n) is 5.91. The molecule has 0 atom stereocenters. The number of fused-ring (bicyclic) bond motifs is 1. The first-order valence-corrected chi connectivity index (χ1v) is 10.5. The molecule has 0 bridgehead atoms. The lowest BCUT2D eigenvalue weighted by molar-refractivity contribution is 0.415. The van der Waals surface area contributed by atoms with Crippen LogP contribution in [0.1, 0.15) is 10.6 Å². The second kappa shape index (κ2) is 7.84. The molecule has 4 aromatic rings. The lowest BCUT2D eigenvalue weighted by Crippen LogP contribution is -1.93. The van der Waals surface area contributed by atoms with Crippen molar-refractivity contribution in [3.63, 3.8) is 0 Å². The van der Waals surface area contributed by atoms with Crippen LogP contribution in [0.4, 0.5) is 0 Å². The fourth-order valence-electron chi connectivity index (χ4n) is 2.71. The average molecular weight is 414 g/mol. The summed E-state index contributed by atoms with van der Waals surface area (Å²) in [7, 11) is 1.66. The van der Waals surface area contributed by atoms with E-state index < -0.39 is 0 Å². The molecular formula is C20H16ClN3OS2. The van der Waals surface area contributed by atoms with Gasteiger partial charge in [-0.1, -0.05) is 47.6 Å². The molecule has 0 spiro atoms. The Morgan fingerprint density at radius 3 is 2.70 bits per heavy atom. The van der Waals surface area contributed by atoms with E-state index in [1.807, 2.05) is 55.5 Å². The summed E-state index contributed by atoms with van der Waals surface area (Å²) in [5, 5.41) is 11.6. The van der Waals surface area contributed by atoms with Crippen molar-refractivity contribution in [3.05, 3.63) is 64.1 Å². The van der Waals surface area contributed by atoms with Crippen LogP contribution in [0, 0.1) is 6.92 Å². The summed E-state index contributed by atoms with van der Waals surface area (Å²) in [6.07, 6.45) is 0. The molecule has 0 aliphatic carbocycles. The summed E-state index contributed by atoms with van der Waals surface area (Å²) in [5.74, 6) is 1.58. The van der Waals surface area contributed by atoms with Crippen LogP contribution in [-0.4, -0.2) is 22.3 Å². The van der Waals surface area contributed by atoms with E-state index in [1.54, 1.807) is 30.2 Å². The summed E-state index contributed by atoms with van der Waals surface area (Å²) < 4.78 is 6.39. The van der Waals surface area contributed by atoms with E-state index in [0.717, 1.165) is 48.0 Å². The predicted molar refractivity (Wildman–Crippen MR) is 113 cm³/mol. The molecule has 4 nitrogen and oxygen atoms in total. The van der Waals surface area contributed by atoms with Crippen LogP contribution in [0.3, 0.4) is 0 Å². The van der Waals surface area contributed by atoms with Crippen molar-refractivity contribution in [3.8, 4) is 17.0 Å². The number of nitrogens with zero attached hydrogens (tertiary/aromatic N) is 3. The lowest BCUT2D eigenvalue weighted by Gasteiger charge is -2.07. The lowest BCUT2D eigenvalue weighted by atomic mass is 10.1. The molecule has 0 amide bonds. The topological polar surface area (TPSA) is 47.9 Å². The van der Waals surface area contributed by atoms with E-state index in [9.17, 15) is 0 Å². The zero-order chi connectivity index (χ0) is 18.8. The summed E-state index contributed by atoms with van der Waals surface area (Å²) in [6, 6.07) is 15.7. The highest BCUT2D eigenvalue weighted by Gasteiger charge is 2.16. The molecule has 27 heavy (non-hydrogen) atoms. The number of rotatable bonds is 5. The first-order chi connectivity index (χ1) is 13.1. The monoisotopic (exact) mass is 413 g/mol. The van der Waals surface area contributed by atoms with Gasteiger partial charge in [-0.25, -0.2) is 4.98 Å². The van der Waals surface area contributed by atoms with E-state index in [2.05, 4.69) is 10.2 Å². The van der Waals surface area contributed by atoms with Gasteiger partial charge < -0.3 is 4.74 Å². The minimum Gasteiger partial charge on any atom is -0.497 e. The van der Waals surface area contributed by atoms with Gasteiger partial charge in [-0.3, -0.25) is 0 Å². The minimum absolute atomic E-state index is 0.740. The number of methoxy groups -OCH3 is 1. The number of halogens is 1. The highest BCUT2D eigenvalue weighted by atomic mass is 35.5. The van der Waals surface area contributed by atoms with Gasteiger partial charge in [0.25, 0.3) is 0 Å². The van der Waals surface area contributed by atoms with Gasteiger partial charge in [0.1, 0.15) is 22.0 Å². The molecule has 4 rings (SSSR count). The molecule has 0 aliphatic rings. The van der Waals surface area contributed by atoms with Gasteiger partial charge in [0, 0.05) is 16.3 Å². The van der Waals surface area contributed by atoms with Crippen molar-refractivity contribution in [1.29, 1.82) is 0 Å². The fraction of sp³-hybridized carbons (Fsp3) is 0.150. The van der Waals surface area contributed by atoms with Gasteiger partial charge in [-0.05, 0) is 36.8 Å². The van der Waals surface area contributed by atoms with Crippen LogP contribution < -0.4 is 4.74 Å². The maximum absolute atomic E-state index is 5.96. The summed E-state index contributed by atoms with van der Waals surface area (Å²) >= 11 is 9.24. The van der Waals surface area contributed by atoms with Crippen molar-refractivity contribution in [2.24, 2.45) is 0 Å². The fourth-order valence-corrected chi connectivity index (χ4v) is 4.71. The normalized spacial score (nSPS) is 11.1. The van der Waals surface area contributed by atoms with Crippen LogP contribution >= 0.6 is 34.7 Å². The molecule has 7 heteroatoms. The predicted octanol–water partition coefficient (Wildman–Crippen LogP) is 6.02. The quantitative estimate of drug-likeness (QED) is 0.374. The number of aromatic nitrogens is 3. The van der Waals surface area contributed by atoms with Crippen LogP contribution in [-0.2, 0) is 5.75 Å². The Kier molecular flexibility index (Phi) is 5.29. The first kappa shape index (κ1) is 18.2. The van der Waals surface area contributed by atoms with Gasteiger partial charge in [-0.15, -0.1) is 21.5 Å². The van der Waals surface area contributed by atoms with E-state index in [0.29, 0.717) is 0 Å². The molecule has 0 unspecified atom stereocenters. The van der Waals surface area contributed by atoms with E-state index in [4.69, 9.17) is 21.3 Å². The molecule has 0 saturated carbocycles. The zero-order valence-corrected chi connectivity index (χ0v) is 17.2. The highest BCUT2D eigenvalue weighted by Crippen LogP contribution is 2.37. The van der Waals surface area contributed by atoms with Crippen LogP contribution in [0.2, 0.25) is 5.02 Å². The molecular weight excluding hydrogens is 398 g/mol. The Bertz CT molecular complexity index is 1100. The largest absolute Gasteiger partial charge is 0.497 e. The summed E-state index contributed by atoms with van der Waals surface area (Å²) in [5.41, 5.74) is 3.91. The molecule has 2 aromatic heterocycles. The first-order valence-electron chi connectivity index (χ1n) is 8.29. The van der Waals surface area contributed by atoms with Crippen molar-refractivity contribution < 1.29 is 4.74 Å². The minimum atomic E-state index is 0.740. The Balaban J connectivity index is 1.70. The Morgan fingerprint density at radius 2 is 1.93 bits per heavy atom. The smallest absolute Gasteiger partial charge is 0.146 e. The number of benzene rings is 2. The van der Waals surface area contributed by atoms with Crippen molar-refractivity contribution in [2.45, 2.75) is 17.7 Å². The highest BCUT2D eigenvalue weighted by molar-refractivity contribution is 7.98. The number of thiazole rings is 1. The molecule has 2 aromatic carbocycles. The number of hydrogen-bond acceptors (Lipinski definition) is 6. The number of hydrogen-bond donors (Lipinski definition) is 0. The molecule has 0 fully saturated rings. The Labute approximate surface area is 170 Å². The SMILES string of the molecule is COc1cccc(-c2nnc(SCc3ccc(Cl)cc3)c3nc(C)sc23)c1. The van der Waals surface area contributed by atoms with Gasteiger partial charge >= 0.3 is 0 Å². The number of thioether (sulfide) groups is 1. The standard InChI is InChI=1S/C20H16ClN3OS2/c1-12-22-18-19(27-12)17(14-4-3-5-16(10-14)25-2)23-24-20(18)26-11-13-6-8-15(21)9-7-13/h3-10H,11H2,1-2H3. The van der Waals surface area contributed by atoms with Crippen LogP contribution in [0.25, 0.3) is 21.5 Å². The molecule has 0 aliphatic heterocycles. The third kappa shape index (κ3) is 3.93. The van der Waals surface area contributed by atoms with Crippen molar-refractivity contribution in [2.75, 3.05) is 7.11 Å². The summed E-state index contributed by atoms with van der Waals surface area (Å²) in [4.78, 5) is 4.71. The van der Waals surface area contributed by atoms with Crippen LogP contribution in [0.15, 0.2) is 53.6 Å². The number of aryl methyl sites for hydroxylation is 1. The second-order valence-corrected chi connectivity index (χ2v) is 8.52. The van der Waals surface area contributed by atoms with Crippen molar-refractivity contribution in [1.82, 2.24) is 15.2 Å².